The molecule has 4 aromatic carbocycles. The number of hydrogen-bond donors (Lipinski definition) is 1. The van der Waals surface area contributed by atoms with E-state index < -0.39 is 28.5 Å². The summed E-state index contributed by atoms with van der Waals surface area (Å²) in [5, 5.41) is 3.63. The molecule has 0 radical (unpaired) electrons. The Bertz CT molecular complexity index is 1730. The molecule has 0 saturated heterocycles. The summed E-state index contributed by atoms with van der Waals surface area (Å²) in [6.07, 6.45) is 4.09. The number of benzene rings is 4. The van der Waals surface area contributed by atoms with Crippen molar-refractivity contribution >= 4 is 50.7 Å². The molecule has 0 bridgehead atoms. The predicted molar refractivity (Wildman–Crippen MR) is 183 cm³/mol. The number of hydrogen-bond acceptors (Lipinski definition) is 4. The zero-order valence-corrected chi connectivity index (χ0v) is 27.9. The molecule has 240 valence electrons. The van der Waals surface area contributed by atoms with E-state index in [-0.39, 0.29) is 45.5 Å². The average Bonchev–Trinajstić information content (AvgIpc) is 3.55. The molecule has 46 heavy (non-hydrogen) atoms. The first-order chi connectivity index (χ1) is 22.1. The van der Waals surface area contributed by atoms with Gasteiger partial charge in [0.1, 0.15) is 12.6 Å². The Hall–Kier alpha value is -3.85. The van der Waals surface area contributed by atoms with Crippen LogP contribution in [0.3, 0.4) is 0 Å². The fourth-order valence-corrected chi connectivity index (χ4v) is 7.68. The minimum absolute atomic E-state index is 0.00351. The molecule has 1 N–H and O–H groups in total. The second kappa shape index (κ2) is 15.2. The van der Waals surface area contributed by atoms with Crippen LogP contribution >= 0.6 is 23.2 Å². The zero-order valence-electron chi connectivity index (χ0n) is 25.6. The van der Waals surface area contributed by atoms with Crippen molar-refractivity contribution < 1.29 is 18.0 Å². The zero-order chi connectivity index (χ0) is 32.7. The lowest BCUT2D eigenvalue weighted by molar-refractivity contribution is -0.140. The Balaban J connectivity index is 1.57. The van der Waals surface area contributed by atoms with Gasteiger partial charge in [0, 0.05) is 29.1 Å². The van der Waals surface area contributed by atoms with E-state index in [2.05, 4.69) is 5.32 Å². The van der Waals surface area contributed by atoms with Crippen LogP contribution in [-0.2, 0) is 32.6 Å². The quantitative estimate of drug-likeness (QED) is 0.172. The van der Waals surface area contributed by atoms with E-state index in [9.17, 15) is 18.0 Å². The SMILES string of the molecule is Cc1ccc(CN(C(=O)CN(c2cc(Cl)cc(Cl)c2)S(=O)(=O)c2ccccc2)[C@@H](Cc2ccccc2)C(=O)NC2CCCC2)cc1. The smallest absolute Gasteiger partial charge is 0.264 e. The molecule has 4 aromatic rings. The van der Waals surface area contributed by atoms with Gasteiger partial charge in [0.15, 0.2) is 0 Å². The van der Waals surface area contributed by atoms with Crippen LogP contribution in [0.2, 0.25) is 10.0 Å². The molecule has 1 fully saturated rings. The molecule has 10 heteroatoms. The Kier molecular flexibility index (Phi) is 11.0. The molecular weight excluding hydrogens is 641 g/mol. The first-order valence-electron chi connectivity index (χ1n) is 15.3. The summed E-state index contributed by atoms with van der Waals surface area (Å²) in [4.78, 5) is 30.2. The van der Waals surface area contributed by atoms with Gasteiger partial charge in [-0.1, -0.05) is 114 Å². The van der Waals surface area contributed by atoms with E-state index in [1.807, 2.05) is 61.5 Å². The molecule has 1 aliphatic rings. The van der Waals surface area contributed by atoms with Gasteiger partial charge in [0.25, 0.3) is 10.0 Å². The number of anilines is 1. The van der Waals surface area contributed by atoms with Gasteiger partial charge in [0.05, 0.1) is 10.6 Å². The van der Waals surface area contributed by atoms with Crippen LogP contribution in [0.25, 0.3) is 0 Å². The van der Waals surface area contributed by atoms with Crippen LogP contribution in [0.5, 0.6) is 0 Å². The molecule has 0 heterocycles. The van der Waals surface area contributed by atoms with Gasteiger partial charge in [-0.3, -0.25) is 13.9 Å². The van der Waals surface area contributed by atoms with Crippen LogP contribution in [0.15, 0.2) is 108 Å². The molecule has 0 aliphatic heterocycles. The van der Waals surface area contributed by atoms with Crippen molar-refractivity contribution in [1.29, 1.82) is 0 Å². The normalized spacial score (nSPS) is 14.1. The molecule has 0 unspecified atom stereocenters. The first-order valence-corrected chi connectivity index (χ1v) is 17.5. The Labute approximate surface area is 281 Å². The first kappa shape index (κ1) is 33.5. The maximum Gasteiger partial charge on any atom is 0.264 e. The molecular formula is C36H37Cl2N3O4S. The van der Waals surface area contributed by atoms with Crippen molar-refractivity contribution in [3.05, 3.63) is 130 Å². The third-order valence-electron chi connectivity index (χ3n) is 8.19. The number of nitrogens with one attached hydrogen (secondary N) is 1. The molecule has 2 amide bonds. The van der Waals surface area contributed by atoms with Crippen LogP contribution in [0.1, 0.15) is 42.4 Å². The third-order valence-corrected chi connectivity index (χ3v) is 10.4. The van der Waals surface area contributed by atoms with Gasteiger partial charge in [-0.2, -0.15) is 0 Å². The second-order valence-corrected chi connectivity index (χ2v) is 14.4. The standard InChI is InChI=1S/C36H37Cl2N3O4S/c1-26-16-18-28(19-17-26)24-40(34(20-27-10-4-2-5-11-27)36(43)39-31-12-8-9-13-31)35(42)25-41(32-22-29(37)21-30(38)23-32)46(44,45)33-14-6-3-7-15-33/h2-7,10-11,14-19,21-23,31,34H,8-9,12-13,20,24-25H2,1H3,(H,39,43)/t34-/m0/s1. The van der Waals surface area contributed by atoms with E-state index in [0.29, 0.717) is 0 Å². The van der Waals surface area contributed by atoms with Gasteiger partial charge >= 0.3 is 0 Å². The van der Waals surface area contributed by atoms with Gasteiger partial charge in [0.2, 0.25) is 11.8 Å². The van der Waals surface area contributed by atoms with E-state index >= 15 is 0 Å². The van der Waals surface area contributed by atoms with Crippen molar-refractivity contribution in [2.24, 2.45) is 0 Å². The maximum absolute atomic E-state index is 14.6. The monoisotopic (exact) mass is 677 g/mol. The van der Waals surface area contributed by atoms with Crippen LogP contribution in [0.4, 0.5) is 5.69 Å². The van der Waals surface area contributed by atoms with Crippen molar-refractivity contribution in [1.82, 2.24) is 10.2 Å². The Morgan fingerprint density at radius 3 is 2.02 bits per heavy atom. The number of sulfonamides is 1. The Morgan fingerprint density at radius 2 is 1.41 bits per heavy atom. The topological polar surface area (TPSA) is 86.8 Å². The number of halogens is 2. The highest BCUT2D eigenvalue weighted by atomic mass is 35.5. The van der Waals surface area contributed by atoms with Gasteiger partial charge < -0.3 is 10.2 Å². The minimum atomic E-state index is -4.25. The number of nitrogens with zero attached hydrogens (tertiary/aromatic N) is 2. The van der Waals surface area contributed by atoms with Gasteiger partial charge in [-0.15, -0.1) is 0 Å². The maximum atomic E-state index is 14.6. The van der Waals surface area contributed by atoms with Crippen LogP contribution in [-0.4, -0.2) is 43.8 Å². The van der Waals surface area contributed by atoms with E-state index in [0.717, 1.165) is 46.7 Å². The van der Waals surface area contributed by atoms with Crippen LogP contribution in [0, 0.1) is 6.92 Å². The minimum Gasteiger partial charge on any atom is -0.352 e. The molecule has 1 aliphatic carbocycles. The summed E-state index contributed by atoms with van der Waals surface area (Å²) < 4.78 is 29.3. The average molecular weight is 679 g/mol. The predicted octanol–water partition coefficient (Wildman–Crippen LogP) is 7.20. The lowest BCUT2D eigenvalue weighted by Gasteiger charge is -2.34. The highest BCUT2D eigenvalue weighted by Crippen LogP contribution is 2.30. The molecule has 0 spiro atoms. The molecule has 1 atom stereocenters. The fourth-order valence-electron chi connectivity index (χ4n) is 5.74. The molecule has 7 nitrogen and oxygen atoms in total. The molecule has 0 aromatic heterocycles. The third kappa shape index (κ3) is 8.49. The summed E-state index contributed by atoms with van der Waals surface area (Å²) in [5.41, 5.74) is 2.89. The van der Waals surface area contributed by atoms with Crippen molar-refractivity contribution in [2.45, 2.75) is 62.6 Å². The number of carbonyl (C=O) groups is 2. The van der Waals surface area contributed by atoms with Gasteiger partial charge in [-0.05, 0) is 61.2 Å². The summed E-state index contributed by atoms with van der Waals surface area (Å²) >= 11 is 12.6. The highest BCUT2D eigenvalue weighted by molar-refractivity contribution is 7.92. The summed E-state index contributed by atoms with van der Waals surface area (Å²) in [6.45, 7) is 1.49. The van der Waals surface area contributed by atoms with Gasteiger partial charge in [-0.25, -0.2) is 8.42 Å². The highest BCUT2D eigenvalue weighted by Gasteiger charge is 2.35. The number of rotatable bonds is 12. The van der Waals surface area contributed by atoms with E-state index in [1.165, 1.54) is 35.2 Å². The largest absolute Gasteiger partial charge is 0.352 e. The summed E-state index contributed by atoms with van der Waals surface area (Å²) in [6, 6.07) is 28.7. The lowest BCUT2D eigenvalue weighted by Crippen LogP contribution is -2.54. The lowest BCUT2D eigenvalue weighted by atomic mass is 10.0. The number of aryl methyl sites for hydroxylation is 1. The second-order valence-electron chi connectivity index (χ2n) is 11.7. The van der Waals surface area contributed by atoms with E-state index in [1.54, 1.807) is 18.2 Å². The summed E-state index contributed by atoms with van der Waals surface area (Å²) in [5.74, 6) is -0.807. The number of carbonyl (C=O) groups excluding carboxylic acids is 2. The number of amides is 2. The summed E-state index contributed by atoms with van der Waals surface area (Å²) in [7, 11) is -4.25. The van der Waals surface area contributed by atoms with Crippen LogP contribution < -0.4 is 9.62 Å². The van der Waals surface area contributed by atoms with Crippen molar-refractivity contribution in [2.75, 3.05) is 10.8 Å². The Morgan fingerprint density at radius 1 is 0.826 bits per heavy atom. The fraction of sp³-hybridized carbons (Fsp3) is 0.278. The molecule has 1 saturated carbocycles. The van der Waals surface area contributed by atoms with E-state index in [4.69, 9.17) is 23.2 Å². The van der Waals surface area contributed by atoms with Crippen molar-refractivity contribution in [3.8, 4) is 0 Å². The molecule has 5 rings (SSSR count). The van der Waals surface area contributed by atoms with Crippen molar-refractivity contribution in [3.63, 3.8) is 0 Å².